The van der Waals surface area contributed by atoms with Crippen LogP contribution in [0.15, 0.2) is 36.4 Å². The van der Waals surface area contributed by atoms with Gasteiger partial charge in [-0.25, -0.2) is 0 Å². The fourth-order valence-corrected chi connectivity index (χ4v) is 6.36. The molecule has 3 amide bonds. The van der Waals surface area contributed by atoms with E-state index in [0.717, 1.165) is 42.5 Å². The normalized spacial score (nSPS) is 21.1. The van der Waals surface area contributed by atoms with Gasteiger partial charge in [0.2, 0.25) is 11.8 Å². The average molecular weight is 528 g/mol. The van der Waals surface area contributed by atoms with Gasteiger partial charge in [-0.2, -0.15) is 0 Å². The van der Waals surface area contributed by atoms with Gasteiger partial charge < -0.3 is 15.1 Å². The van der Waals surface area contributed by atoms with Crippen LogP contribution in [0, 0.1) is 5.92 Å². The van der Waals surface area contributed by atoms with Crippen LogP contribution in [-0.4, -0.2) is 59.7 Å². The molecule has 1 unspecified atom stereocenters. The van der Waals surface area contributed by atoms with Crippen molar-refractivity contribution in [3.63, 3.8) is 0 Å². The third kappa shape index (κ3) is 5.25. The van der Waals surface area contributed by atoms with E-state index in [1.807, 2.05) is 24.3 Å². The van der Waals surface area contributed by atoms with Crippen molar-refractivity contribution in [2.45, 2.75) is 51.0 Å². The highest BCUT2D eigenvalue weighted by molar-refractivity contribution is 6.36. The monoisotopic (exact) mass is 527 g/mol. The molecule has 0 aromatic heterocycles. The topological polar surface area (TPSA) is 69.7 Å². The molecular weight excluding hydrogens is 497 g/mol. The van der Waals surface area contributed by atoms with Crippen LogP contribution < -0.4 is 5.32 Å². The lowest BCUT2D eigenvalue weighted by molar-refractivity contribution is -0.133. The second-order valence-corrected chi connectivity index (χ2v) is 10.9. The number of piperazine rings is 1. The van der Waals surface area contributed by atoms with Crippen molar-refractivity contribution >= 4 is 40.9 Å². The van der Waals surface area contributed by atoms with E-state index < -0.39 is 0 Å². The second-order valence-electron chi connectivity index (χ2n) is 10.1. The van der Waals surface area contributed by atoms with E-state index in [1.54, 1.807) is 17.0 Å². The van der Waals surface area contributed by atoms with Crippen molar-refractivity contribution in [3.05, 3.63) is 57.6 Å². The van der Waals surface area contributed by atoms with Gasteiger partial charge in [-0.1, -0.05) is 54.6 Å². The van der Waals surface area contributed by atoms with Gasteiger partial charge in [0.15, 0.2) is 0 Å². The van der Waals surface area contributed by atoms with Crippen LogP contribution in [0.25, 0.3) is 11.1 Å². The number of hydrogen-bond acceptors (Lipinski definition) is 3. The predicted molar refractivity (Wildman–Crippen MR) is 141 cm³/mol. The molecular formula is C28H31Cl2N3O3. The molecule has 36 heavy (non-hydrogen) atoms. The maximum Gasteiger partial charge on any atom is 0.254 e. The zero-order valence-corrected chi connectivity index (χ0v) is 21.8. The number of nitrogens with zero attached hydrogens (tertiary/aromatic N) is 2. The SMILES string of the molecule is O=C1CN(C(=O)c2ccc(-c3cc(Cl)c(CC4CCN(C5CCCCC5)C4=O)c(Cl)c3)cc2)CCN1. The van der Waals surface area contributed by atoms with Crippen molar-refractivity contribution in [1.29, 1.82) is 0 Å². The number of carbonyl (C=O) groups excluding carboxylic acids is 3. The smallest absolute Gasteiger partial charge is 0.254 e. The Hall–Kier alpha value is -2.57. The first kappa shape index (κ1) is 25.1. The summed E-state index contributed by atoms with van der Waals surface area (Å²) in [7, 11) is 0. The maximum absolute atomic E-state index is 13.1. The van der Waals surface area contributed by atoms with Gasteiger partial charge in [-0.15, -0.1) is 0 Å². The van der Waals surface area contributed by atoms with Gasteiger partial charge in [-0.05, 0) is 66.6 Å². The third-order valence-electron chi connectivity index (χ3n) is 7.75. The molecule has 2 heterocycles. The summed E-state index contributed by atoms with van der Waals surface area (Å²) in [5, 5.41) is 3.84. The fourth-order valence-electron chi connectivity index (χ4n) is 5.72. The molecule has 5 rings (SSSR count). The number of amides is 3. The van der Waals surface area contributed by atoms with Gasteiger partial charge in [0, 0.05) is 47.2 Å². The first-order chi connectivity index (χ1) is 17.4. The summed E-state index contributed by atoms with van der Waals surface area (Å²) in [5.74, 6) is -0.137. The molecule has 0 radical (unpaired) electrons. The van der Waals surface area contributed by atoms with Gasteiger partial charge >= 0.3 is 0 Å². The average Bonchev–Trinajstić information content (AvgIpc) is 3.26. The molecule has 3 fully saturated rings. The lowest BCUT2D eigenvalue weighted by Crippen LogP contribution is -2.49. The van der Waals surface area contributed by atoms with E-state index in [2.05, 4.69) is 10.2 Å². The van der Waals surface area contributed by atoms with Crippen molar-refractivity contribution < 1.29 is 14.4 Å². The Labute approximate surface area is 221 Å². The molecule has 1 atom stereocenters. The Morgan fingerprint density at radius 1 is 0.917 bits per heavy atom. The molecule has 190 valence electrons. The lowest BCUT2D eigenvalue weighted by Gasteiger charge is -2.31. The Morgan fingerprint density at radius 3 is 2.28 bits per heavy atom. The summed E-state index contributed by atoms with van der Waals surface area (Å²) < 4.78 is 0. The Kier molecular flexibility index (Phi) is 7.54. The standard InChI is InChI=1S/C28H31Cl2N3O3/c29-24-15-21(18-6-8-19(9-7-18)27(35)32-13-11-31-26(34)17-32)16-25(30)23(24)14-20-10-12-33(28(20)36)22-4-2-1-3-5-22/h6-9,15-16,20,22H,1-5,10-14,17H2,(H,31,34). The highest BCUT2D eigenvalue weighted by Gasteiger charge is 2.36. The van der Waals surface area contributed by atoms with Crippen LogP contribution >= 0.6 is 23.2 Å². The van der Waals surface area contributed by atoms with Gasteiger partial charge in [0.25, 0.3) is 5.91 Å². The highest BCUT2D eigenvalue weighted by Crippen LogP contribution is 2.36. The summed E-state index contributed by atoms with van der Waals surface area (Å²) in [4.78, 5) is 41.1. The first-order valence-corrected chi connectivity index (χ1v) is 13.6. The predicted octanol–water partition coefficient (Wildman–Crippen LogP) is 4.96. The summed E-state index contributed by atoms with van der Waals surface area (Å²) in [6.45, 7) is 1.88. The van der Waals surface area contributed by atoms with E-state index in [0.29, 0.717) is 41.2 Å². The Bertz CT molecular complexity index is 1140. The molecule has 1 N–H and O–H groups in total. The number of halogens is 2. The second kappa shape index (κ2) is 10.8. The van der Waals surface area contributed by atoms with Crippen LogP contribution in [0.1, 0.15) is 54.4 Å². The molecule has 0 spiro atoms. The van der Waals surface area contributed by atoms with E-state index in [9.17, 15) is 14.4 Å². The maximum atomic E-state index is 13.1. The summed E-state index contributed by atoms with van der Waals surface area (Å²) >= 11 is 13.4. The van der Waals surface area contributed by atoms with Gasteiger partial charge in [0.1, 0.15) is 0 Å². The van der Waals surface area contributed by atoms with Crippen molar-refractivity contribution in [2.24, 2.45) is 5.92 Å². The number of carbonyl (C=O) groups is 3. The molecule has 0 bridgehead atoms. The van der Waals surface area contributed by atoms with E-state index in [-0.39, 0.29) is 30.2 Å². The minimum Gasteiger partial charge on any atom is -0.353 e. The van der Waals surface area contributed by atoms with Crippen molar-refractivity contribution in [1.82, 2.24) is 15.1 Å². The quantitative estimate of drug-likeness (QED) is 0.597. The van der Waals surface area contributed by atoms with Crippen LogP contribution in [0.4, 0.5) is 0 Å². The van der Waals surface area contributed by atoms with Crippen LogP contribution in [0.5, 0.6) is 0 Å². The van der Waals surface area contributed by atoms with Crippen molar-refractivity contribution in [3.8, 4) is 11.1 Å². The van der Waals surface area contributed by atoms with E-state index in [4.69, 9.17) is 23.2 Å². The third-order valence-corrected chi connectivity index (χ3v) is 8.42. The van der Waals surface area contributed by atoms with Gasteiger partial charge in [-0.3, -0.25) is 14.4 Å². The Morgan fingerprint density at radius 2 is 1.61 bits per heavy atom. The minimum atomic E-state index is -0.161. The fraction of sp³-hybridized carbons (Fsp3) is 0.464. The largest absolute Gasteiger partial charge is 0.353 e. The number of nitrogens with one attached hydrogen (secondary N) is 1. The molecule has 2 saturated heterocycles. The zero-order valence-electron chi connectivity index (χ0n) is 20.3. The summed E-state index contributed by atoms with van der Waals surface area (Å²) in [5.41, 5.74) is 3.09. The number of likely N-dealkylation sites (tertiary alicyclic amines) is 1. The van der Waals surface area contributed by atoms with Crippen LogP contribution in [-0.2, 0) is 16.0 Å². The molecule has 2 aromatic rings. The summed E-state index contributed by atoms with van der Waals surface area (Å²) in [6.07, 6.45) is 7.33. The first-order valence-electron chi connectivity index (χ1n) is 12.9. The molecule has 2 aliphatic heterocycles. The zero-order chi connectivity index (χ0) is 25.2. The minimum absolute atomic E-state index is 0.0741. The molecule has 1 aliphatic carbocycles. The molecule has 6 nitrogen and oxygen atoms in total. The Balaban J connectivity index is 1.27. The molecule has 2 aromatic carbocycles. The molecule has 1 saturated carbocycles. The molecule has 8 heteroatoms. The summed E-state index contributed by atoms with van der Waals surface area (Å²) in [6, 6.07) is 11.4. The molecule has 3 aliphatic rings. The van der Waals surface area contributed by atoms with Crippen LogP contribution in [0.3, 0.4) is 0 Å². The van der Waals surface area contributed by atoms with E-state index in [1.165, 1.54) is 19.3 Å². The number of rotatable bonds is 5. The van der Waals surface area contributed by atoms with Gasteiger partial charge in [0.05, 0.1) is 6.54 Å². The van der Waals surface area contributed by atoms with Crippen molar-refractivity contribution in [2.75, 3.05) is 26.2 Å². The number of hydrogen-bond donors (Lipinski definition) is 1. The van der Waals surface area contributed by atoms with E-state index >= 15 is 0 Å². The number of benzene rings is 2. The highest BCUT2D eigenvalue weighted by atomic mass is 35.5. The lowest BCUT2D eigenvalue weighted by atomic mass is 9.93. The van der Waals surface area contributed by atoms with Crippen LogP contribution in [0.2, 0.25) is 10.0 Å².